The fourth-order valence-corrected chi connectivity index (χ4v) is 1.86. The molecule has 6 heteroatoms. The number of aryl methyl sites for hydroxylation is 1. The van der Waals surface area contributed by atoms with Crippen molar-refractivity contribution in [1.29, 1.82) is 0 Å². The molecule has 0 bridgehead atoms. The van der Waals surface area contributed by atoms with Gasteiger partial charge >= 0.3 is 5.97 Å². The number of aromatic nitrogens is 2. The maximum absolute atomic E-state index is 11.2. The van der Waals surface area contributed by atoms with Crippen LogP contribution in [0.4, 0.5) is 0 Å². The molecule has 21 heavy (non-hydrogen) atoms. The van der Waals surface area contributed by atoms with E-state index in [1.165, 1.54) is 0 Å². The molecule has 0 spiro atoms. The first kappa shape index (κ1) is 14.9. The van der Waals surface area contributed by atoms with Crippen molar-refractivity contribution in [2.24, 2.45) is 5.16 Å². The van der Waals surface area contributed by atoms with Crippen molar-refractivity contribution in [3.8, 4) is 0 Å². The SMILES string of the molecule is CCOC(=O)CON=C(C)c1nc2ccccc2nc1C. The Kier molecular flexibility index (Phi) is 4.81. The number of ether oxygens (including phenoxy) is 1. The van der Waals surface area contributed by atoms with Gasteiger partial charge < -0.3 is 9.57 Å². The summed E-state index contributed by atoms with van der Waals surface area (Å²) in [7, 11) is 0. The summed E-state index contributed by atoms with van der Waals surface area (Å²) in [6.45, 7) is 5.46. The van der Waals surface area contributed by atoms with Gasteiger partial charge in [0.2, 0.25) is 6.61 Å². The summed E-state index contributed by atoms with van der Waals surface area (Å²) in [5.41, 5.74) is 3.60. The van der Waals surface area contributed by atoms with Crippen molar-refractivity contribution in [2.45, 2.75) is 20.8 Å². The summed E-state index contributed by atoms with van der Waals surface area (Å²) in [4.78, 5) is 25.1. The average Bonchev–Trinajstić information content (AvgIpc) is 2.46. The molecule has 0 radical (unpaired) electrons. The Bertz CT molecular complexity index is 683. The second-order valence-corrected chi connectivity index (χ2v) is 4.40. The van der Waals surface area contributed by atoms with Crippen molar-refractivity contribution in [1.82, 2.24) is 9.97 Å². The number of rotatable bonds is 5. The average molecular weight is 287 g/mol. The molecule has 0 aliphatic heterocycles. The topological polar surface area (TPSA) is 73.7 Å². The summed E-state index contributed by atoms with van der Waals surface area (Å²) in [5.74, 6) is -0.449. The van der Waals surface area contributed by atoms with Crippen LogP contribution in [0.25, 0.3) is 11.0 Å². The van der Waals surface area contributed by atoms with E-state index in [9.17, 15) is 4.79 Å². The molecular formula is C15H17N3O3. The zero-order valence-corrected chi connectivity index (χ0v) is 12.3. The summed E-state index contributed by atoms with van der Waals surface area (Å²) < 4.78 is 4.75. The van der Waals surface area contributed by atoms with E-state index in [1.807, 2.05) is 31.2 Å². The highest BCUT2D eigenvalue weighted by molar-refractivity contribution is 5.98. The number of benzene rings is 1. The molecule has 1 aromatic heterocycles. The van der Waals surface area contributed by atoms with Crippen LogP contribution in [0.15, 0.2) is 29.4 Å². The van der Waals surface area contributed by atoms with Crippen LogP contribution < -0.4 is 0 Å². The van der Waals surface area contributed by atoms with Crippen LogP contribution in [-0.4, -0.2) is 34.9 Å². The lowest BCUT2D eigenvalue weighted by Crippen LogP contribution is -2.12. The van der Waals surface area contributed by atoms with Crippen molar-refractivity contribution in [2.75, 3.05) is 13.2 Å². The van der Waals surface area contributed by atoms with Gasteiger partial charge in [-0.3, -0.25) is 0 Å². The number of fused-ring (bicyclic) bond motifs is 1. The lowest BCUT2D eigenvalue weighted by Gasteiger charge is -2.06. The Morgan fingerprint density at radius 1 is 1.24 bits per heavy atom. The largest absolute Gasteiger partial charge is 0.463 e. The van der Waals surface area contributed by atoms with Crippen LogP contribution >= 0.6 is 0 Å². The fraction of sp³-hybridized carbons (Fsp3) is 0.333. The lowest BCUT2D eigenvalue weighted by atomic mass is 10.2. The van der Waals surface area contributed by atoms with Gasteiger partial charge in [0.05, 0.1) is 23.3 Å². The first-order chi connectivity index (χ1) is 10.1. The second kappa shape index (κ2) is 6.78. The molecule has 1 aromatic carbocycles. The number of carbonyl (C=O) groups excluding carboxylic acids is 1. The molecule has 6 nitrogen and oxygen atoms in total. The lowest BCUT2D eigenvalue weighted by molar-refractivity contribution is -0.148. The molecule has 0 amide bonds. The number of hydrogen-bond donors (Lipinski definition) is 0. The van der Waals surface area contributed by atoms with Crippen LogP contribution in [-0.2, 0) is 14.4 Å². The standard InChI is InChI=1S/C15H17N3O3/c1-4-20-14(19)9-21-18-11(3)15-10(2)16-12-7-5-6-8-13(12)17-15/h5-8H,4,9H2,1-3H3. The summed E-state index contributed by atoms with van der Waals surface area (Å²) in [6, 6.07) is 7.61. The van der Waals surface area contributed by atoms with E-state index in [0.29, 0.717) is 18.0 Å². The van der Waals surface area contributed by atoms with E-state index in [0.717, 1.165) is 16.7 Å². The van der Waals surface area contributed by atoms with Crippen LogP contribution in [0.5, 0.6) is 0 Å². The van der Waals surface area contributed by atoms with Crippen molar-refractivity contribution in [3.63, 3.8) is 0 Å². The van der Waals surface area contributed by atoms with E-state index in [2.05, 4.69) is 15.1 Å². The quantitative estimate of drug-likeness (QED) is 0.479. The molecule has 0 aliphatic carbocycles. The molecule has 110 valence electrons. The normalized spacial score (nSPS) is 11.5. The zero-order valence-electron chi connectivity index (χ0n) is 12.3. The van der Waals surface area contributed by atoms with E-state index in [4.69, 9.17) is 9.57 Å². The molecular weight excluding hydrogens is 270 g/mol. The van der Waals surface area contributed by atoms with Crippen LogP contribution in [0.3, 0.4) is 0 Å². The van der Waals surface area contributed by atoms with Gasteiger partial charge in [0.25, 0.3) is 0 Å². The van der Waals surface area contributed by atoms with Crippen LogP contribution in [0.2, 0.25) is 0 Å². The number of esters is 1. The maximum Gasteiger partial charge on any atom is 0.347 e. The first-order valence-corrected chi connectivity index (χ1v) is 6.67. The van der Waals surface area contributed by atoms with Gasteiger partial charge in [-0.1, -0.05) is 17.3 Å². The molecule has 0 unspecified atom stereocenters. The van der Waals surface area contributed by atoms with Gasteiger partial charge in [-0.2, -0.15) is 0 Å². The third-order valence-electron chi connectivity index (χ3n) is 2.78. The highest BCUT2D eigenvalue weighted by Gasteiger charge is 2.09. The van der Waals surface area contributed by atoms with Crippen molar-refractivity contribution < 1.29 is 14.4 Å². The molecule has 0 atom stereocenters. The van der Waals surface area contributed by atoms with Gasteiger partial charge in [0, 0.05) is 0 Å². The third kappa shape index (κ3) is 3.75. The van der Waals surface area contributed by atoms with E-state index < -0.39 is 5.97 Å². The molecule has 0 fully saturated rings. The molecule has 1 heterocycles. The first-order valence-electron chi connectivity index (χ1n) is 6.67. The summed E-state index contributed by atoms with van der Waals surface area (Å²) in [6.07, 6.45) is 0. The fourth-order valence-electron chi connectivity index (χ4n) is 1.86. The Balaban J connectivity index is 2.16. The molecule has 0 saturated carbocycles. The number of para-hydroxylation sites is 2. The summed E-state index contributed by atoms with van der Waals surface area (Å²) >= 11 is 0. The van der Waals surface area contributed by atoms with Gasteiger partial charge in [-0.25, -0.2) is 14.8 Å². The Hall–Kier alpha value is -2.50. The summed E-state index contributed by atoms with van der Waals surface area (Å²) in [5, 5.41) is 3.90. The minimum Gasteiger partial charge on any atom is -0.463 e. The van der Waals surface area contributed by atoms with Gasteiger partial charge in [-0.05, 0) is 32.9 Å². The third-order valence-corrected chi connectivity index (χ3v) is 2.78. The molecule has 0 N–H and O–H groups in total. The van der Waals surface area contributed by atoms with Gasteiger partial charge in [0.1, 0.15) is 11.4 Å². The molecule has 2 aromatic rings. The Morgan fingerprint density at radius 2 is 1.90 bits per heavy atom. The highest BCUT2D eigenvalue weighted by atomic mass is 16.7. The number of oxime groups is 1. The minimum atomic E-state index is -0.449. The van der Waals surface area contributed by atoms with E-state index in [1.54, 1.807) is 13.8 Å². The molecule has 0 aliphatic rings. The van der Waals surface area contributed by atoms with Crippen LogP contribution in [0.1, 0.15) is 25.2 Å². The predicted octanol–water partition coefficient (Wildman–Crippen LogP) is 2.24. The highest BCUT2D eigenvalue weighted by Crippen LogP contribution is 2.13. The smallest absolute Gasteiger partial charge is 0.347 e. The predicted molar refractivity (Wildman–Crippen MR) is 79.1 cm³/mol. The monoisotopic (exact) mass is 287 g/mol. The molecule has 0 saturated heterocycles. The van der Waals surface area contributed by atoms with Gasteiger partial charge in [0.15, 0.2) is 0 Å². The number of hydrogen-bond acceptors (Lipinski definition) is 6. The zero-order chi connectivity index (χ0) is 15.2. The second-order valence-electron chi connectivity index (χ2n) is 4.40. The van der Waals surface area contributed by atoms with Crippen LogP contribution in [0, 0.1) is 6.92 Å². The van der Waals surface area contributed by atoms with Gasteiger partial charge in [-0.15, -0.1) is 0 Å². The number of nitrogens with zero attached hydrogens (tertiary/aromatic N) is 3. The Labute approximate surface area is 122 Å². The maximum atomic E-state index is 11.2. The van der Waals surface area contributed by atoms with Crippen molar-refractivity contribution >= 4 is 22.7 Å². The van der Waals surface area contributed by atoms with E-state index >= 15 is 0 Å². The minimum absolute atomic E-state index is 0.217. The Morgan fingerprint density at radius 3 is 2.57 bits per heavy atom. The van der Waals surface area contributed by atoms with Crippen molar-refractivity contribution in [3.05, 3.63) is 35.7 Å². The number of carbonyl (C=O) groups is 1. The van der Waals surface area contributed by atoms with E-state index in [-0.39, 0.29) is 6.61 Å². The molecule has 2 rings (SSSR count).